The molecule has 0 saturated carbocycles. The molecule has 1 aromatic heterocycles. The van der Waals surface area contributed by atoms with Crippen LogP contribution in [0.1, 0.15) is 61.1 Å². The third-order valence-electron chi connectivity index (χ3n) is 3.99. The van der Waals surface area contributed by atoms with Crippen LogP contribution in [0.4, 0.5) is 0 Å². The Balaban J connectivity index is 3.31. The highest BCUT2D eigenvalue weighted by atomic mass is 15.0. The fraction of sp³-hybridized carbons (Fsp3) is 0.733. The second kappa shape index (κ2) is 3.65. The van der Waals surface area contributed by atoms with Crippen molar-refractivity contribution in [3.63, 3.8) is 0 Å². The summed E-state index contributed by atoms with van der Waals surface area (Å²) in [5.74, 6) is 0. The third-order valence-corrected chi connectivity index (χ3v) is 3.99. The molecule has 0 aliphatic rings. The van der Waals surface area contributed by atoms with Gasteiger partial charge in [-0.1, -0.05) is 34.6 Å². The lowest BCUT2D eigenvalue weighted by Crippen LogP contribution is -2.38. The molecule has 0 unspecified atom stereocenters. The zero-order valence-electron chi connectivity index (χ0n) is 12.2. The van der Waals surface area contributed by atoms with Crippen molar-refractivity contribution >= 4 is 0 Å². The Morgan fingerprint density at radius 1 is 0.875 bits per heavy atom. The number of hydrogen-bond donors (Lipinski definition) is 0. The Morgan fingerprint density at radius 2 is 1.38 bits per heavy atom. The van der Waals surface area contributed by atoms with E-state index in [-0.39, 0.29) is 16.4 Å². The van der Waals surface area contributed by atoms with Gasteiger partial charge in [-0.05, 0) is 38.3 Å². The first-order valence-electron chi connectivity index (χ1n) is 6.16. The molecule has 0 saturated heterocycles. The number of aromatic nitrogens is 1. The molecule has 16 heavy (non-hydrogen) atoms. The lowest BCUT2D eigenvalue weighted by Gasteiger charge is -2.42. The molecule has 0 radical (unpaired) electrons. The molecule has 1 heterocycles. The van der Waals surface area contributed by atoms with Gasteiger partial charge < -0.3 is 4.57 Å². The molecule has 0 N–H and O–H groups in total. The van der Waals surface area contributed by atoms with Crippen molar-refractivity contribution in [2.45, 2.75) is 66.3 Å². The van der Waals surface area contributed by atoms with Crippen LogP contribution in [0, 0.1) is 5.41 Å². The third kappa shape index (κ3) is 2.18. The number of hydrogen-bond acceptors (Lipinski definition) is 0. The first-order chi connectivity index (χ1) is 6.98. The van der Waals surface area contributed by atoms with E-state index < -0.39 is 0 Å². The summed E-state index contributed by atoms with van der Waals surface area (Å²) in [4.78, 5) is 0. The maximum absolute atomic E-state index is 2.40. The SMILES string of the molecule is CC(C)(C)n1cccc1C(C)(C)C(C)(C)C. The van der Waals surface area contributed by atoms with Gasteiger partial charge in [-0.15, -0.1) is 0 Å². The van der Waals surface area contributed by atoms with Crippen molar-refractivity contribution in [3.05, 3.63) is 24.0 Å². The minimum atomic E-state index is 0.154. The van der Waals surface area contributed by atoms with E-state index in [2.05, 4.69) is 78.3 Å². The van der Waals surface area contributed by atoms with Crippen molar-refractivity contribution in [2.75, 3.05) is 0 Å². The predicted octanol–water partition coefficient (Wildman–Crippen LogP) is 4.57. The predicted molar refractivity (Wildman–Crippen MR) is 71.9 cm³/mol. The van der Waals surface area contributed by atoms with E-state index in [4.69, 9.17) is 0 Å². The van der Waals surface area contributed by atoms with E-state index in [1.54, 1.807) is 0 Å². The van der Waals surface area contributed by atoms with Crippen molar-refractivity contribution in [3.8, 4) is 0 Å². The maximum Gasteiger partial charge on any atom is 0.0358 e. The minimum Gasteiger partial charge on any atom is -0.346 e. The summed E-state index contributed by atoms with van der Waals surface area (Å²) in [5, 5.41) is 0. The number of nitrogens with zero attached hydrogens (tertiary/aromatic N) is 1. The first-order valence-corrected chi connectivity index (χ1v) is 6.16. The lowest BCUT2D eigenvalue weighted by atomic mass is 9.67. The molecule has 0 aliphatic heterocycles. The molecular weight excluding hydrogens is 194 g/mol. The summed E-state index contributed by atoms with van der Waals surface area (Å²) in [6.07, 6.45) is 2.20. The fourth-order valence-corrected chi connectivity index (χ4v) is 1.86. The molecule has 92 valence electrons. The van der Waals surface area contributed by atoms with E-state index in [0.29, 0.717) is 0 Å². The smallest absolute Gasteiger partial charge is 0.0358 e. The Morgan fingerprint density at radius 3 is 1.75 bits per heavy atom. The van der Waals surface area contributed by atoms with Crippen LogP contribution < -0.4 is 0 Å². The Bertz CT molecular complexity index is 356. The van der Waals surface area contributed by atoms with Crippen LogP contribution in [-0.4, -0.2) is 4.57 Å². The van der Waals surface area contributed by atoms with Crippen LogP contribution in [-0.2, 0) is 11.0 Å². The molecule has 0 amide bonds. The summed E-state index contributed by atoms with van der Waals surface area (Å²) in [6, 6.07) is 4.42. The van der Waals surface area contributed by atoms with Gasteiger partial charge in [0.25, 0.3) is 0 Å². The van der Waals surface area contributed by atoms with Crippen LogP contribution in [0.5, 0.6) is 0 Å². The molecule has 0 fully saturated rings. The summed E-state index contributed by atoms with van der Waals surface area (Å²) >= 11 is 0. The van der Waals surface area contributed by atoms with E-state index in [9.17, 15) is 0 Å². The molecule has 1 heteroatoms. The molecule has 0 aromatic carbocycles. The van der Waals surface area contributed by atoms with Gasteiger partial charge in [0, 0.05) is 22.8 Å². The second-order valence-corrected chi connectivity index (χ2v) is 7.31. The van der Waals surface area contributed by atoms with Gasteiger partial charge in [0.1, 0.15) is 0 Å². The normalized spacial score (nSPS) is 14.2. The van der Waals surface area contributed by atoms with Gasteiger partial charge in [-0.2, -0.15) is 0 Å². The van der Waals surface area contributed by atoms with Gasteiger partial charge in [0.15, 0.2) is 0 Å². The summed E-state index contributed by atoms with van der Waals surface area (Å²) < 4.78 is 2.40. The molecule has 0 atom stereocenters. The van der Waals surface area contributed by atoms with Crippen LogP contribution in [0.15, 0.2) is 18.3 Å². The van der Waals surface area contributed by atoms with Crippen molar-refractivity contribution in [2.24, 2.45) is 5.41 Å². The molecule has 0 bridgehead atoms. The van der Waals surface area contributed by atoms with Crippen LogP contribution >= 0.6 is 0 Å². The molecule has 0 spiro atoms. The van der Waals surface area contributed by atoms with Crippen LogP contribution in [0.25, 0.3) is 0 Å². The molecule has 1 nitrogen and oxygen atoms in total. The zero-order valence-corrected chi connectivity index (χ0v) is 12.2. The quantitative estimate of drug-likeness (QED) is 0.655. The number of rotatable bonds is 1. The summed E-state index contributed by atoms with van der Waals surface area (Å²) in [6.45, 7) is 18.4. The standard InChI is InChI=1S/C15H27N/c1-13(2,3)15(7,8)12-10-9-11-16(12)14(4,5)6/h9-11H,1-8H3. The van der Waals surface area contributed by atoms with Gasteiger partial charge in [-0.25, -0.2) is 0 Å². The van der Waals surface area contributed by atoms with Crippen molar-refractivity contribution in [1.29, 1.82) is 0 Å². The Labute approximate surface area is 101 Å². The maximum atomic E-state index is 2.40. The van der Waals surface area contributed by atoms with Gasteiger partial charge in [0.2, 0.25) is 0 Å². The highest BCUT2D eigenvalue weighted by molar-refractivity contribution is 5.22. The molecule has 0 aliphatic carbocycles. The zero-order chi connectivity index (χ0) is 12.8. The second-order valence-electron chi connectivity index (χ2n) is 7.31. The minimum absolute atomic E-state index is 0.154. The van der Waals surface area contributed by atoms with E-state index >= 15 is 0 Å². The highest BCUT2D eigenvalue weighted by Crippen LogP contribution is 2.42. The molecular formula is C15H27N. The Kier molecular flexibility index (Phi) is 3.04. The van der Waals surface area contributed by atoms with E-state index in [1.165, 1.54) is 5.69 Å². The van der Waals surface area contributed by atoms with Crippen molar-refractivity contribution in [1.82, 2.24) is 4.57 Å². The highest BCUT2D eigenvalue weighted by Gasteiger charge is 2.37. The largest absolute Gasteiger partial charge is 0.346 e. The van der Waals surface area contributed by atoms with Crippen LogP contribution in [0.2, 0.25) is 0 Å². The van der Waals surface area contributed by atoms with Gasteiger partial charge in [0.05, 0.1) is 0 Å². The average molecular weight is 221 g/mol. The van der Waals surface area contributed by atoms with Gasteiger partial charge in [-0.3, -0.25) is 0 Å². The van der Waals surface area contributed by atoms with Crippen molar-refractivity contribution < 1.29 is 0 Å². The van der Waals surface area contributed by atoms with E-state index in [0.717, 1.165) is 0 Å². The fourth-order valence-electron chi connectivity index (χ4n) is 1.86. The topological polar surface area (TPSA) is 4.93 Å². The summed E-state index contributed by atoms with van der Waals surface area (Å²) in [7, 11) is 0. The first kappa shape index (κ1) is 13.3. The molecule has 1 rings (SSSR count). The van der Waals surface area contributed by atoms with Crippen LogP contribution in [0.3, 0.4) is 0 Å². The van der Waals surface area contributed by atoms with Gasteiger partial charge >= 0.3 is 0 Å². The van der Waals surface area contributed by atoms with E-state index in [1.807, 2.05) is 0 Å². The monoisotopic (exact) mass is 221 g/mol. The Hall–Kier alpha value is -0.720. The lowest BCUT2D eigenvalue weighted by molar-refractivity contribution is 0.202. The molecule has 1 aromatic rings. The average Bonchev–Trinajstić information content (AvgIpc) is 2.47. The summed E-state index contributed by atoms with van der Waals surface area (Å²) in [5.41, 5.74) is 2.01.